The van der Waals surface area contributed by atoms with Gasteiger partial charge in [-0.15, -0.1) is 0 Å². The lowest BCUT2D eigenvalue weighted by molar-refractivity contribution is -0.138. The Kier molecular flexibility index (Phi) is 6.01. The maximum Gasteiger partial charge on any atom is 0.240 e. The number of hydrogen-bond donors (Lipinski definition) is 3. The van der Waals surface area contributed by atoms with Crippen LogP contribution in [0.15, 0.2) is 39.8 Å². The minimum absolute atomic E-state index is 0.0242. The summed E-state index contributed by atoms with van der Waals surface area (Å²) < 4.78 is 27.3. The summed E-state index contributed by atoms with van der Waals surface area (Å²) in [5.74, 6) is -0.165. The molecule has 0 unspecified atom stereocenters. The number of aromatic nitrogens is 1. The molecule has 0 saturated carbocycles. The number of hydrogen-bond acceptors (Lipinski definition) is 6. The van der Waals surface area contributed by atoms with Gasteiger partial charge in [-0.05, 0) is 44.9 Å². The van der Waals surface area contributed by atoms with Gasteiger partial charge in [0.05, 0.1) is 4.90 Å². The quantitative estimate of drug-likeness (QED) is 0.596. The Morgan fingerprint density at radius 2 is 1.81 bits per heavy atom. The zero-order valence-electron chi connectivity index (χ0n) is 15.3. The van der Waals surface area contributed by atoms with E-state index in [-0.39, 0.29) is 17.3 Å². The van der Waals surface area contributed by atoms with Crippen LogP contribution in [0.5, 0.6) is 0 Å². The van der Waals surface area contributed by atoms with Crippen molar-refractivity contribution in [3.8, 4) is 0 Å². The summed E-state index contributed by atoms with van der Waals surface area (Å²) in [7, 11) is -3.73. The van der Waals surface area contributed by atoms with Crippen molar-refractivity contribution in [2.45, 2.75) is 32.1 Å². The molecule has 0 atom stereocenters. The smallest absolute Gasteiger partial charge is 0.240 e. The summed E-state index contributed by atoms with van der Waals surface area (Å²) >= 11 is 0. The first-order chi connectivity index (χ1) is 12.5. The molecule has 10 heteroatoms. The average molecular weight is 394 g/mol. The van der Waals surface area contributed by atoms with Crippen molar-refractivity contribution in [3.63, 3.8) is 0 Å². The van der Waals surface area contributed by atoms with Crippen LogP contribution in [-0.2, 0) is 26.0 Å². The van der Waals surface area contributed by atoms with Crippen molar-refractivity contribution in [2.75, 3.05) is 11.9 Å². The highest BCUT2D eigenvalue weighted by Gasteiger charge is 2.36. The van der Waals surface area contributed by atoms with Gasteiger partial charge in [0.15, 0.2) is 5.82 Å². The van der Waals surface area contributed by atoms with E-state index in [0.29, 0.717) is 12.2 Å². The zero-order chi connectivity index (χ0) is 20.2. The molecule has 2 amide bonds. The molecule has 0 bridgehead atoms. The van der Waals surface area contributed by atoms with E-state index in [2.05, 4.69) is 15.8 Å². The van der Waals surface area contributed by atoms with Crippen LogP contribution >= 0.6 is 0 Å². The Hall–Kier alpha value is -2.72. The fourth-order valence-electron chi connectivity index (χ4n) is 2.19. The number of primary sulfonamides is 1. The number of amides is 2. The molecule has 2 aromatic rings. The second-order valence-corrected chi connectivity index (χ2v) is 8.16. The number of nitrogens with zero attached hydrogens (tertiary/aromatic N) is 1. The summed E-state index contributed by atoms with van der Waals surface area (Å²) in [6.45, 7) is 4.99. The highest BCUT2D eigenvalue weighted by molar-refractivity contribution is 7.89. The lowest BCUT2D eigenvalue weighted by Gasteiger charge is -2.22. The first-order valence-electron chi connectivity index (χ1n) is 8.15. The van der Waals surface area contributed by atoms with Gasteiger partial charge in [0.2, 0.25) is 21.8 Å². The van der Waals surface area contributed by atoms with E-state index >= 15 is 0 Å². The van der Waals surface area contributed by atoms with Gasteiger partial charge < -0.3 is 15.2 Å². The number of sulfonamides is 1. The van der Waals surface area contributed by atoms with Crippen LogP contribution in [0.25, 0.3) is 0 Å². The summed E-state index contributed by atoms with van der Waals surface area (Å²) in [6.07, 6.45) is 0.469. The topological polar surface area (TPSA) is 144 Å². The number of nitrogens with one attached hydrogen (secondary N) is 2. The van der Waals surface area contributed by atoms with Gasteiger partial charge in [-0.25, -0.2) is 13.6 Å². The van der Waals surface area contributed by atoms with Gasteiger partial charge in [-0.1, -0.05) is 17.3 Å². The van der Waals surface area contributed by atoms with Gasteiger partial charge in [0.1, 0.15) is 11.2 Å². The molecule has 1 aromatic carbocycles. The Bertz CT molecular complexity index is 932. The van der Waals surface area contributed by atoms with Gasteiger partial charge in [-0.2, -0.15) is 0 Å². The molecule has 9 nitrogen and oxygen atoms in total. The van der Waals surface area contributed by atoms with Gasteiger partial charge in [0.25, 0.3) is 0 Å². The normalized spacial score (nSPS) is 11.9. The Balaban J connectivity index is 1.89. The third-order valence-corrected chi connectivity index (χ3v) is 4.89. The van der Waals surface area contributed by atoms with E-state index in [1.54, 1.807) is 25.1 Å². The molecule has 0 aliphatic heterocycles. The van der Waals surface area contributed by atoms with Gasteiger partial charge in [0, 0.05) is 12.6 Å². The lowest BCUT2D eigenvalue weighted by atomic mass is 9.91. The fourth-order valence-corrected chi connectivity index (χ4v) is 2.70. The molecule has 1 aromatic heterocycles. The third kappa shape index (κ3) is 5.38. The number of rotatable bonds is 7. The Labute approximate surface area is 157 Å². The van der Waals surface area contributed by atoms with Crippen LogP contribution in [0.2, 0.25) is 0 Å². The molecule has 146 valence electrons. The predicted octanol–water partition coefficient (Wildman–Crippen LogP) is 0.954. The first-order valence-corrected chi connectivity index (χ1v) is 9.69. The standard InChI is InChI=1S/C17H22N4O5S/c1-11-10-14(21-26-11)20-16(23)17(2,3)15(22)19-9-8-12-4-6-13(7-5-12)27(18,24)25/h4-7,10H,8-9H2,1-3H3,(H,19,22)(H2,18,24,25)(H,20,21,23). The Morgan fingerprint density at radius 3 is 2.33 bits per heavy atom. The zero-order valence-corrected chi connectivity index (χ0v) is 16.1. The maximum absolute atomic E-state index is 12.4. The van der Waals surface area contributed by atoms with Gasteiger partial charge in [-0.3, -0.25) is 9.59 Å². The molecule has 0 saturated heterocycles. The highest BCUT2D eigenvalue weighted by atomic mass is 32.2. The van der Waals surface area contributed by atoms with Crippen molar-refractivity contribution in [1.29, 1.82) is 0 Å². The van der Waals surface area contributed by atoms with Crippen molar-refractivity contribution in [1.82, 2.24) is 10.5 Å². The van der Waals surface area contributed by atoms with Crippen molar-refractivity contribution < 1.29 is 22.5 Å². The SMILES string of the molecule is Cc1cc(NC(=O)C(C)(C)C(=O)NCCc2ccc(S(N)(=O)=O)cc2)no1. The number of anilines is 1. The van der Waals surface area contributed by atoms with E-state index in [0.717, 1.165) is 5.56 Å². The second kappa shape index (κ2) is 7.89. The molecule has 1 heterocycles. The molecular formula is C17H22N4O5S. The van der Waals surface area contributed by atoms with E-state index in [4.69, 9.17) is 9.66 Å². The minimum atomic E-state index is -3.73. The van der Waals surface area contributed by atoms with Crippen molar-refractivity contribution in [2.24, 2.45) is 10.6 Å². The number of aryl methyl sites for hydroxylation is 1. The molecular weight excluding hydrogens is 372 g/mol. The largest absolute Gasteiger partial charge is 0.360 e. The van der Waals surface area contributed by atoms with E-state index < -0.39 is 27.3 Å². The van der Waals surface area contributed by atoms with E-state index in [1.807, 2.05) is 0 Å². The summed E-state index contributed by atoms with van der Waals surface area (Å²) in [4.78, 5) is 24.7. The molecule has 0 radical (unpaired) electrons. The van der Waals surface area contributed by atoms with Crippen molar-refractivity contribution in [3.05, 3.63) is 41.7 Å². The molecule has 0 aliphatic rings. The molecule has 4 N–H and O–H groups in total. The minimum Gasteiger partial charge on any atom is -0.360 e. The van der Waals surface area contributed by atoms with Gasteiger partial charge >= 0.3 is 0 Å². The summed E-state index contributed by atoms with van der Waals surface area (Å²) in [5.41, 5.74) is -0.493. The molecule has 2 rings (SSSR count). The number of benzene rings is 1. The number of carbonyl (C=O) groups excluding carboxylic acids is 2. The molecule has 27 heavy (non-hydrogen) atoms. The van der Waals surface area contributed by atoms with Crippen LogP contribution < -0.4 is 15.8 Å². The van der Waals surface area contributed by atoms with Crippen LogP contribution in [0.4, 0.5) is 5.82 Å². The fraction of sp³-hybridized carbons (Fsp3) is 0.353. The monoisotopic (exact) mass is 394 g/mol. The van der Waals surface area contributed by atoms with Crippen LogP contribution in [0, 0.1) is 12.3 Å². The van der Waals surface area contributed by atoms with Crippen molar-refractivity contribution >= 4 is 27.7 Å². The van der Waals surface area contributed by atoms with Crippen LogP contribution in [-0.4, -0.2) is 31.9 Å². The summed E-state index contributed by atoms with van der Waals surface area (Å²) in [6, 6.07) is 7.61. The molecule has 0 fully saturated rings. The molecule has 0 aliphatic carbocycles. The molecule has 0 spiro atoms. The first kappa shape index (κ1) is 20.6. The van der Waals surface area contributed by atoms with E-state index in [9.17, 15) is 18.0 Å². The van der Waals surface area contributed by atoms with E-state index in [1.165, 1.54) is 26.0 Å². The predicted molar refractivity (Wildman–Crippen MR) is 98.2 cm³/mol. The second-order valence-electron chi connectivity index (χ2n) is 6.60. The number of nitrogens with two attached hydrogens (primary N) is 1. The number of carbonyl (C=O) groups is 2. The maximum atomic E-state index is 12.4. The van der Waals surface area contributed by atoms with Crippen LogP contribution in [0.1, 0.15) is 25.2 Å². The Morgan fingerprint density at radius 1 is 1.19 bits per heavy atom. The summed E-state index contributed by atoms with van der Waals surface area (Å²) in [5, 5.41) is 14.0. The van der Waals surface area contributed by atoms with Crippen LogP contribution in [0.3, 0.4) is 0 Å². The lowest BCUT2D eigenvalue weighted by Crippen LogP contribution is -2.45. The average Bonchev–Trinajstić information content (AvgIpc) is 2.99. The third-order valence-electron chi connectivity index (χ3n) is 3.96. The highest BCUT2D eigenvalue weighted by Crippen LogP contribution is 2.19.